The number of halogens is 1. The van der Waals surface area contributed by atoms with Gasteiger partial charge in [0.1, 0.15) is 6.04 Å². The number of aliphatic hydroxyl groups is 1. The van der Waals surface area contributed by atoms with Crippen LogP contribution in [0, 0.1) is 0 Å². The molecule has 0 spiro atoms. The molecule has 0 radical (unpaired) electrons. The topological polar surface area (TPSA) is 107 Å². The Bertz CT molecular complexity index is 1140. The van der Waals surface area contributed by atoms with Crippen LogP contribution in [0.1, 0.15) is 25.7 Å². The van der Waals surface area contributed by atoms with Crippen molar-refractivity contribution >= 4 is 44.2 Å². The van der Waals surface area contributed by atoms with Gasteiger partial charge in [-0.2, -0.15) is 4.72 Å². The van der Waals surface area contributed by atoms with E-state index in [1.54, 1.807) is 35.2 Å². The zero-order valence-electron chi connectivity index (χ0n) is 17.5. The summed E-state index contributed by atoms with van der Waals surface area (Å²) in [7, 11) is -3.93. The third-order valence-corrected chi connectivity index (χ3v) is 7.85. The van der Waals surface area contributed by atoms with Gasteiger partial charge >= 0.3 is 0 Å². The molecule has 10 heteroatoms. The summed E-state index contributed by atoms with van der Waals surface area (Å²) in [4.78, 5) is 28.7. The van der Waals surface area contributed by atoms with Crippen LogP contribution in [-0.2, 0) is 19.6 Å². The number of fused-ring (bicyclic) bond motifs is 1. The standard InChI is InChI=1S/C22H26ClN3O5S/c23-17-7-5-16-12-19(8-6-15(16)11-17)32(30,31)24-20-4-2-9-25(22(20)29)13-21(28)26-10-1-3-18(26)14-27/h5-8,11-12,18,20,24,27H,1-4,9-10,13-14H2/t18-,20+/m1/s1. The molecule has 0 unspecified atom stereocenters. The van der Waals surface area contributed by atoms with E-state index >= 15 is 0 Å². The number of hydrogen-bond donors (Lipinski definition) is 2. The van der Waals surface area contributed by atoms with Gasteiger partial charge in [-0.25, -0.2) is 8.42 Å². The second-order valence-electron chi connectivity index (χ2n) is 8.29. The number of hydrogen-bond acceptors (Lipinski definition) is 5. The monoisotopic (exact) mass is 479 g/mol. The van der Waals surface area contributed by atoms with Crippen LogP contribution in [0.3, 0.4) is 0 Å². The van der Waals surface area contributed by atoms with Crippen LogP contribution in [0.2, 0.25) is 5.02 Å². The number of carbonyl (C=O) groups excluding carboxylic acids is 2. The van der Waals surface area contributed by atoms with E-state index in [0.717, 1.165) is 23.6 Å². The molecule has 8 nitrogen and oxygen atoms in total. The van der Waals surface area contributed by atoms with Crippen molar-refractivity contribution in [1.29, 1.82) is 0 Å². The third kappa shape index (κ3) is 4.76. The lowest BCUT2D eigenvalue weighted by Gasteiger charge is -2.34. The first kappa shape index (κ1) is 23.0. The van der Waals surface area contributed by atoms with Gasteiger partial charge in [-0.3, -0.25) is 9.59 Å². The molecule has 2 aliphatic rings. The Morgan fingerprint density at radius 3 is 2.59 bits per heavy atom. The highest BCUT2D eigenvalue weighted by atomic mass is 35.5. The number of likely N-dealkylation sites (tertiary alicyclic amines) is 2. The molecule has 0 saturated carbocycles. The molecule has 0 aromatic heterocycles. The Morgan fingerprint density at radius 2 is 1.81 bits per heavy atom. The zero-order chi connectivity index (χ0) is 22.9. The van der Waals surface area contributed by atoms with Gasteiger partial charge in [-0.1, -0.05) is 23.7 Å². The largest absolute Gasteiger partial charge is 0.394 e. The van der Waals surface area contributed by atoms with Crippen LogP contribution in [0.25, 0.3) is 10.8 Å². The van der Waals surface area contributed by atoms with E-state index in [-0.39, 0.29) is 30.0 Å². The highest BCUT2D eigenvalue weighted by Gasteiger charge is 2.35. The first-order chi connectivity index (χ1) is 15.3. The van der Waals surface area contributed by atoms with Crippen molar-refractivity contribution in [2.24, 2.45) is 0 Å². The molecule has 2 saturated heterocycles. The molecule has 2 aliphatic heterocycles. The summed E-state index contributed by atoms with van der Waals surface area (Å²) in [5.41, 5.74) is 0. The first-order valence-corrected chi connectivity index (χ1v) is 12.6. The van der Waals surface area contributed by atoms with Gasteiger partial charge in [0.2, 0.25) is 21.8 Å². The maximum Gasteiger partial charge on any atom is 0.242 e. The molecule has 2 aromatic rings. The quantitative estimate of drug-likeness (QED) is 0.656. The number of aliphatic hydroxyl groups excluding tert-OH is 1. The number of sulfonamides is 1. The lowest BCUT2D eigenvalue weighted by atomic mass is 10.1. The van der Waals surface area contributed by atoms with Crippen LogP contribution in [0.5, 0.6) is 0 Å². The van der Waals surface area contributed by atoms with Crippen LogP contribution in [0.15, 0.2) is 41.3 Å². The highest BCUT2D eigenvalue weighted by Crippen LogP contribution is 2.24. The number of nitrogens with zero attached hydrogens (tertiary/aromatic N) is 2. The lowest BCUT2D eigenvalue weighted by molar-refractivity contribution is -0.143. The fourth-order valence-electron chi connectivity index (χ4n) is 4.43. The maximum absolute atomic E-state index is 13.0. The summed E-state index contributed by atoms with van der Waals surface area (Å²) < 4.78 is 28.5. The summed E-state index contributed by atoms with van der Waals surface area (Å²) >= 11 is 5.99. The minimum absolute atomic E-state index is 0.0659. The summed E-state index contributed by atoms with van der Waals surface area (Å²) in [5.74, 6) is -0.618. The molecular formula is C22H26ClN3O5S. The van der Waals surface area contributed by atoms with Crippen molar-refractivity contribution in [2.45, 2.75) is 42.7 Å². The SMILES string of the molecule is O=C1[C@@H](NS(=O)(=O)c2ccc3cc(Cl)ccc3c2)CCCN1CC(=O)N1CCC[C@@H]1CO. The Kier molecular flexibility index (Phi) is 6.71. The second kappa shape index (κ2) is 9.35. The molecule has 2 fully saturated rings. The molecule has 4 rings (SSSR count). The number of amides is 2. The number of rotatable bonds is 6. The van der Waals surface area contributed by atoms with Gasteiger partial charge < -0.3 is 14.9 Å². The normalized spacial score (nSPS) is 22.0. The summed E-state index contributed by atoms with van der Waals surface area (Å²) in [5, 5.41) is 11.5. The summed E-state index contributed by atoms with van der Waals surface area (Å²) in [6.45, 7) is 0.761. The van der Waals surface area contributed by atoms with Crippen molar-refractivity contribution < 1.29 is 23.1 Å². The zero-order valence-corrected chi connectivity index (χ0v) is 19.1. The molecule has 172 valence electrons. The molecule has 2 heterocycles. The molecule has 2 amide bonds. The van der Waals surface area contributed by atoms with Gasteiger partial charge in [0.25, 0.3) is 0 Å². The number of piperidine rings is 1. The first-order valence-electron chi connectivity index (χ1n) is 10.7. The van der Waals surface area contributed by atoms with Crippen molar-refractivity contribution in [3.05, 3.63) is 41.4 Å². The van der Waals surface area contributed by atoms with Gasteiger partial charge in [0.15, 0.2) is 0 Å². The summed E-state index contributed by atoms with van der Waals surface area (Å²) in [6, 6.07) is 8.76. The van der Waals surface area contributed by atoms with E-state index in [1.807, 2.05) is 0 Å². The second-order valence-corrected chi connectivity index (χ2v) is 10.4. The smallest absolute Gasteiger partial charge is 0.242 e. The maximum atomic E-state index is 13.0. The third-order valence-electron chi connectivity index (χ3n) is 6.15. The predicted octanol–water partition coefficient (Wildman–Crippen LogP) is 1.75. The number of carbonyl (C=O) groups is 2. The van der Waals surface area contributed by atoms with E-state index in [4.69, 9.17) is 11.6 Å². The van der Waals surface area contributed by atoms with Crippen LogP contribution >= 0.6 is 11.6 Å². The van der Waals surface area contributed by atoms with E-state index < -0.39 is 22.0 Å². The van der Waals surface area contributed by atoms with E-state index in [0.29, 0.717) is 31.0 Å². The molecule has 0 aliphatic carbocycles. The fraction of sp³-hybridized carbons (Fsp3) is 0.455. The minimum Gasteiger partial charge on any atom is -0.394 e. The van der Waals surface area contributed by atoms with Crippen LogP contribution < -0.4 is 4.72 Å². The van der Waals surface area contributed by atoms with Gasteiger partial charge in [-0.15, -0.1) is 0 Å². The number of nitrogens with one attached hydrogen (secondary N) is 1. The average molecular weight is 480 g/mol. The molecule has 2 atom stereocenters. The Hall–Kier alpha value is -2.20. The van der Waals surface area contributed by atoms with Crippen LogP contribution in [-0.4, -0.2) is 73.5 Å². The summed E-state index contributed by atoms with van der Waals surface area (Å²) in [6.07, 6.45) is 2.53. The van der Waals surface area contributed by atoms with Crippen molar-refractivity contribution in [1.82, 2.24) is 14.5 Å². The Balaban J connectivity index is 1.46. The highest BCUT2D eigenvalue weighted by molar-refractivity contribution is 7.89. The molecule has 0 bridgehead atoms. The average Bonchev–Trinajstić information content (AvgIpc) is 3.25. The minimum atomic E-state index is -3.93. The molecule has 2 N–H and O–H groups in total. The van der Waals surface area contributed by atoms with Crippen molar-refractivity contribution in [3.8, 4) is 0 Å². The van der Waals surface area contributed by atoms with Gasteiger partial charge in [-0.05, 0) is 60.7 Å². The molecule has 2 aromatic carbocycles. The molecule has 32 heavy (non-hydrogen) atoms. The van der Waals surface area contributed by atoms with Gasteiger partial charge in [0, 0.05) is 18.1 Å². The van der Waals surface area contributed by atoms with Gasteiger partial charge in [0.05, 0.1) is 24.1 Å². The lowest BCUT2D eigenvalue weighted by Crippen LogP contribution is -2.55. The van der Waals surface area contributed by atoms with E-state index in [9.17, 15) is 23.1 Å². The number of benzene rings is 2. The Labute approximate surface area is 192 Å². The predicted molar refractivity (Wildman–Crippen MR) is 121 cm³/mol. The van der Waals surface area contributed by atoms with E-state index in [2.05, 4.69) is 4.72 Å². The molecular weight excluding hydrogens is 454 g/mol. The van der Waals surface area contributed by atoms with E-state index in [1.165, 1.54) is 11.0 Å². The van der Waals surface area contributed by atoms with Crippen LogP contribution in [0.4, 0.5) is 0 Å². The van der Waals surface area contributed by atoms with Crippen molar-refractivity contribution in [2.75, 3.05) is 26.2 Å². The Morgan fingerprint density at radius 1 is 1.09 bits per heavy atom. The fourth-order valence-corrected chi connectivity index (χ4v) is 5.87. The van der Waals surface area contributed by atoms with Crippen molar-refractivity contribution in [3.63, 3.8) is 0 Å².